The van der Waals surface area contributed by atoms with E-state index in [1.165, 1.54) is 13.2 Å². The average molecular weight is 300 g/mol. The van der Waals surface area contributed by atoms with Crippen molar-refractivity contribution in [3.8, 4) is 0 Å². The Hall–Kier alpha value is -2.89. The van der Waals surface area contributed by atoms with E-state index >= 15 is 0 Å². The number of ether oxygens (including phenoxy) is 1. The molecule has 2 rings (SSSR count). The molecule has 0 saturated carbocycles. The van der Waals surface area contributed by atoms with E-state index in [9.17, 15) is 14.4 Å². The van der Waals surface area contributed by atoms with Crippen molar-refractivity contribution in [1.29, 1.82) is 0 Å². The van der Waals surface area contributed by atoms with Crippen LogP contribution in [0.2, 0.25) is 0 Å². The highest BCUT2D eigenvalue weighted by molar-refractivity contribution is 5.96. The number of esters is 1. The first kappa shape index (κ1) is 15.5. The summed E-state index contributed by atoms with van der Waals surface area (Å²) in [6.45, 7) is 4.01. The van der Waals surface area contributed by atoms with Crippen LogP contribution in [0.5, 0.6) is 0 Å². The maximum Gasteiger partial charge on any atom is 0.325 e. The first-order valence-electron chi connectivity index (χ1n) is 6.63. The normalized spacial score (nSPS) is 13.4. The van der Waals surface area contributed by atoms with Crippen molar-refractivity contribution >= 4 is 17.8 Å². The van der Waals surface area contributed by atoms with Gasteiger partial charge in [0, 0.05) is 17.3 Å². The summed E-state index contributed by atoms with van der Waals surface area (Å²) in [5, 5.41) is 2.45. The minimum atomic E-state index is -0.511. The van der Waals surface area contributed by atoms with Gasteiger partial charge < -0.3 is 15.0 Å². The monoisotopic (exact) mass is 300 g/mol. The fourth-order valence-corrected chi connectivity index (χ4v) is 1.94. The molecule has 22 heavy (non-hydrogen) atoms. The van der Waals surface area contributed by atoms with Gasteiger partial charge in [0.2, 0.25) is 0 Å². The zero-order valence-corrected chi connectivity index (χ0v) is 12.2. The number of benzene rings is 1. The van der Waals surface area contributed by atoms with Crippen LogP contribution in [0.25, 0.3) is 0 Å². The quantitative estimate of drug-likeness (QED) is 0.823. The Kier molecular flexibility index (Phi) is 4.73. The second-order valence-corrected chi connectivity index (χ2v) is 4.70. The Labute approximate surface area is 128 Å². The highest BCUT2D eigenvalue weighted by Gasteiger charge is 2.18. The predicted octanol–water partition coefficient (Wildman–Crippen LogP) is 1.00. The summed E-state index contributed by atoms with van der Waals surface area (Å²) in [5.41, 5.74) is 1.95. The van der Waals surface area contributed by atoms with Gasteiger partial charge in [-0.2, -0.15) is 0 Å². The number of allylic oxidation sites excluding steroid dienone is 1. The largest absolute Gasteiger partial charge is 0.468 e. The number of rotatable bonds is 5. The van der Waals surface area contributed by atoms with Crippen molar-refractivity contribution in [2.75, 3.05) is 13.7 Å². The van der Waals surface area contributed by atoms with Gasteiger partial charge in [-0.25, -0.2) is 0 Å². The minimum absolute atomic E-state index is 0.107. The van der Waals surface area contributed by atoms with Crippen molar-refractivity contribution in [2.45, 2.75) is 6.54 Å². The molecule has 0 unspecified atom stereocenters. The summed E-state index contributed by atoms with van der Waals surface area (Å²) in [5.74, 6) is -0.978. The number of hydrogen-bond donors (Lipinski definition) is 1. The van der Waals surface area contributed by atoms with Crippen LogP contribution in [0, 0.1) is 0 Å². The summed E-state index contributed by atoms with van der Waals surface area (Å²) in [4.78, 5) is 35.9. The molecule has 1 N–H and O–H groups in total. The predicted molar refractivity (Wildman–Crippen MR) is 79.6 cm³/mol. The smallest absolute Gasteiger partial charge is 0.325 e. The van der Waals surface area contributed by atoms with Crippen molar-refractivity contribution in [2.24, 2.45) is 0 Å². The lowest BCUT2D eigenvalue weighted by Crippen LogP contribution is -2.30. The average Bonchev–Trinajstić information content (AvgIpc) is 2.84. The maximum absolute atomic E-state index is 11.8. The third-order valence-electron chi connectivity index (χ3n) is 3.21. The number of hydrogen-bond acceptors (Lipinski definition) is 4. The van der Waals surface area contributed by atoms with Crippen molar-refractivity contribution < 1.29 is 19.1 Å². The summed E-state index contributed by atoms with van der Waals surface area (Å²) >= 11 is 0. The molecule has 0 aliphatic carbocycles. The number of nitrogens with one attached hydrogen (secondary N) is 1. The van der Waals surface area contributed by atoms with Crippen LogP contribution in [0.3, 0.4) is 0 Å². The van der Waals surface area contributed by atoms with Crippen LogP contribution in [0.4, 0.5) is 0 Å². The third-order valence-corrected chi connectivity index (χ3v) is 3.21. The molecule has 0 fully saturated rings. The van der Waals surface area contributed by atoms with Gasteiger partial charge in [0.05, 0.1) is 13.7 Å². The Morgan fingerprint density at radius 3 is 2.45 bits per heavy atom. The second-order valence-electron chi connectivity index (χ2n) is 4.70. The number of nitrogens with zero attached hydrogens (tertiary/aromatic N) is 1. The molecule has 1 aromatic carbocycles. The molecule has 2 amide bonds. The summed E-state index contributed by atoms with van der Waals surface area (Å²) < 4.78 is 4.44. The van der Waals surface area contributed by atoms with E-state index in [-0.39, 0.29) is 18.4 Å². The SMILES string of the molecule is C=C1C=CC(=O)N1Cc1ccc(C(=O)NCC(=O)OC)cc1. The fourth-order valence-electron chi connectivity index (χ4n) is 1.94. The first-order chi connectivity index (χ1) is 10.5. The van der Waals surface area contributed by atoms with E-state index in [0.717, 1.165) is 5.56 Å². The number of carbonyl (C=O) groups excluding carboxylic acids is 3. The van der Waals surface area contributed by atoms with Gasteiger partial charge in [0.1, 0.15) is 6.54 Å². The lowest BCUT2D eigenvalue weighted by molar-refractivity contribution is -0.139. The molecule has 114 valence electrons. The van der Waals surface area contributed by atoms with Crippen LogP contribution in [-0.4, -0.2) is 36.3 Å². The molecule has 0 saturated heterocycles. The fraction of sp³-hybridized carbons (Fsp3) is 0.188. The summed E-state index contributed by atoms with van der Waals surface area (Å²) in [6, 6.07) is 6.79. The Morgan fingerprint density at radius 1 is 1.23 bits per heavy atom. The molecule has 1 heterocycles. The molecule has 0 atom stereocenters. The third kappa shape index (κ3) is 3.60. The van der Waals surface area contributed by atoms with E-state index in [1.54, 1.807) is 35.2 Å². The van der Waals surface area contributed by atoms with Crippen LogP contribution in [-0.2, 0) is 20.9 Å². The van der Waals surface area contributed by atoms with Crippen LogP contribution < -0.4 is 5.32 Å². The van der Waals surface area contributed by atoms with Gasteiger partial charge in [0.25, 0.3) is 11.8 Å². The van der Waals surface area contributed by atoms with E-state index in [4.69, 9.17) is 0 Å². The molecule has 6 heteroatoms. The van der Waals surface area contributed by atoms with Gasteiger partial charge in [0.15, 0.2) is 0 Å². The Bertz CT molecular complexity index is 629. The molecule has 1 aromatic rings. The van der Waals surface area contributed by atoms with E-state index in [0.29, 0.717) is 17.8 Å². The summed E-state index contributed by atoms with van der Waals surface area (Å²) in [6.07, 6.45) is 3.13. The topological polar surface area (TPSA) is 75.7 Å². The molecule has 0 radical (unpaired) electrons. The summed E-state index contributed by atoms with van der Waals surface area (Å²) in [7, 11) is 1.26. The highest BCUT2D eigenvalue weighted by atomic mass is 16.5. The first-order valence-corrected chi connectivity index (χ1v) is 6.63. The number of methoxy groups -OCH3 is 1. The minimum Gasteiger partial charge on any atom is -0.468 e. The number of amides is 2. The lowest BCUT2D eigenvalue weighted by atomic mass is 10.1. The zero-order valence-electron chi connectivity index (χ0n) is 12.2. The van der Waals surface area contributed by atoms with E-state index in [1.807, 2.05) is 0 Å². The van der Waals surface area contributed by atoms with Gasteiger partial charge in [-0.3, -0.25) is 14.4 Å². The van der Waals surface area contributed by atoms with Gasteiger partial charge in [-0.05, 0) is 23.8 Å². The van der Waals surface area contributed by atoms with Gasteiger partial charge in [-0.15, -0.1) is 0 Å². The molecule has 1 aliphatic rings. The van der Waals surface area contributed by atoms with Gasteiger partial charge >= 0.3 is 5.97 Å². The van der Waals surface area contributed by atoms with Crippen LogP contribution in [0.15, 0.2) is 48.7 Å². The Balaban J connectivity index is 1.95. The molecular formula is C16H16N2O4. The van der Waals surface area contributed by atoms with E-state index < -0.39 is 5.97 Å². The molecule has 0 bridgehead atoms. The molecule has 6 nitrogen and oxygen atoms in total. The van der Waals surface area contributed by atoms with E-state index in [2.05, 4.69) is 16.6 Å². The van der Waals surface area contributed by atoms with Crippen molar-refractivity contribution in [1.82, 2.24) is 10.2 Å². The molecule has 1 aliphatic heterocycles. The number of carbonyl (C=O) groups is 3. The maximum atomic E-state index is 11.8. The molecule has 0 aromatic heterocycles. The van der Waals surface area contributed by atoms with Gasteiger partial charge in [-0.1, -0.05) is 18.7 Å². The van der Waals surface area contributed by atoms with Crippen molar-refractivity contribution in [3.05, 3.63) is 59.8 Å². The second kappa shape index (κ2) is 6.71. The van der Waals surface area contributed by atoms with Crippen molar-refractivity contribution in [3.63, 3.8) is 0 Å². The lowest BCUT2D eigenvalue weighted by Gasteiger charge is -2.17. The standard InChI is InChI=1S/C16H16N2O4/c1-11-3-8-14(19)18(11)10-12-4-6-13(7-5-12)16(21)17-9-15(20)22-2/h3-8H,1,9-10H2,2H3,(H,17,21). The van der Waals surface area contributed by atoms with Crippen LogP contribution >= 0.6 is 0 Å². The zero-order chi connectivity index (χ0) is 16.1. The molecular weight excluding hydrogens is 284 g/mol. The Morgan fingerprint density at radius 2 is 1.91 bits per heavy atom. The highest BCUT2D eigenvalue weighted by Crippen LogP contribution is 2.17. The molecule has 0 spiro atoms. The van der Waals surface area contributed by atoms with Crippen LogP contribution in [0.1, 0.15) is 15.9 Å².